The Labute approximate surface area is 110 Å². The number of nitrogens with one attached hydrogen (secondary N) is 1. The molecule has 1 aromatic rings. The van der Waals surface area contributed by atoms with Crippen molar-refractivity contribution in [2.24, 2.45) is 5.73 Å². The fourth-order valence-corrected chi connectivity index (χ4v) is 2.06. The van der Waals surface area contributed by atoms with Crippen molar-refractivity contribution >= 4 is 5.91 Å². The molecular weight excluding hydrogens is 224 g/mol. The maximum absolute atomic E-state index is 11.3. The van der Waals surface area contributed by atoms with Crippen molar-refractivity contribution in [3.8, 4) is 0 Å². The number of nitrogens with two attached hydrogens (primary N) is 1. The van der Waals surface area contributed by atoms with Gasteiger partial charge in [0.25, 0.3) is 0 Å². The molecule has 3 N–H and O–H groups in total. The summed E-state index contributed by atoms with van der Waals surface area (Å²) in [6.07, 6.45) is 1.87. The smallest absolute Gasteiger partial charge is 0.234 e. The van der Waals surface area contributed by atoms with Gasteiger partial charge in [-0.25, -0.2) is 0 Å². The third-order valence-electron chi connectivity index (χ3n) is 3.18. The van der Waals surface area contributed by atoms with Crippen LogP contribution in [-0.2, 0) is 11.2 Å². The first-order valence-electron chi connectivity index (χ1n) is 6.41. The summed E-state index contributed by atoms with van der Waals surface area (Å²) in [5.41, 5.74) is 9.04. The molecule has 3 nitrogen and oxygen atoms in total. The predicted octanol–water partition coefficient (Wildman–Crippen LogP) is 2.09. The maximum atomic E-state index is 11.3. The summed E-state index contributed by atoms with van der Waals surface area (Å²) in [6, 6.07) is 6.50. The number of carbonyl (C=O) groups is 1. The molecule has 0 heterocycles. The number of carbonyl (C=O) groups excluding carboxylic acids is 1. The van der Waals surface area contributed by atoms with E-state index in [0.717, 1.165) is 12.8 Å². The van der Waals surface area contributed by atoms with Crippen molar-refractivity contribution in [3.63, 3.8) is 0 Å². The molecule has 0 atom stereocenters. The zero-order valence-electron chi connectivity index (χ0n) is 11.8. The highest BCUT2D eigenvalue weighted by Crippen LogP contribution is 2.17. The lowest BCUT2D eigenvalue weighted by molar-refractivity contribution is -0.121. The van der Waals surface area contributed by atoms with Gasteiger partial charge in [0.1, 0.15) is 0 Å². The van der Waals surface area contributed by atoms with Crippen molar-refractivity contribution in [1.82, 2.24) is 5.32 Å². The second-order valence-corrected chi connectivity index (χ2v) is 5.57. The molecule has 0 aliphatic heterocycles. The Bertz CT molecular complexity index is 425. The SMILES string of the molecule is Cc1ccc(CCC(C)(C)NC(=O)CN)c(C)c1. The van der Waals surface area contributed by atoms with Crippen LogP contribution in [-0.4, -0.2) is 18.0 Å². The summed E-state index contributed by atoms with van der Waals surface area (Å²) in [5.74, 6) is -0.0966. The normalized spacial score (nSPS) is 11.4. The van der Waals surface area contributed by atoms with Crippen LogP contribution in [0.3, 0.4) is 0 Å². The molecule has 18 heavy (non-hydrogen) atoms. The molecule has 0 radical (unpaired) electrons. The molecule has 0 saturated heterocycles. The van der Waals surface area contributed by atoms with Crippen molar-refractivity contribution in [2.45, 2.75) is 46.1 Å². The summed E-state index contributed by atoms with van der Waals surface area (Å²) in [7, 11) is 0. The number of aryl methyl sites for hydroxylation is 3. The lowest BCUT2D eigenvalue weighted by Crippen LogP contribution is -2.46. The first-order valence-corrected chi connectivity index (χ1v) is 6.41. The van der Waals surface area contributed by atoms with E-state index in [1.54, 1.807) is 0 Å². The number of benzene rings is 1. The Morgan fingerprint density at radius 3 is 2.56 bits per heavy atom. The molecule has 1 amide bonds. The first kappa shape index (κ1) is 14.7. The molecule has 0 fully saturated rings. The average Bonchev–Trinajstić information content (AvgIpc) is 2.27. The van der Waals surface area contributed by atoms with E-state index in [1.165, 1.54) is 16.7 Å². The van der Waals surface area contributed by atoms with Crippen LogP contribution in [0.15, 0.2) is 18.2 Å². The van der Waals surface area contributed by atoms with E-state index in [0.29, 0.717) is 0 Å². The van der Waals surface area contributed by atoms with E-state index in [9.17, 15) is 4.79 Å². The van der Waals surface area contributed by atoms with E-state index in [2.05, 4.69) is 37.4 Å². The molecule has 0 aliphatic rings. The van der Waals surface area contributed by atoms with Gasteiger partial charge in [0.2, 0.25) is 5.91 Å². The van der Waals surface area contributed by atoms with Crippen molar-refractivity contribution in [1.29, 1.82) is 0 Å². The Morgan fingerprint density at radius 2 is 2.00 bits per heavy atom. The van der Waals surface area contributed by atoms with E-state index in [-0.39, 0.29) is 18.0 Å². The summed E-state index contributed by atoms with van der Waals surface area (Å²) in [6.45, 7) is 8.34. The summed E-state index contributed by atoms with van der Waals surface area (Å²) in [5, 5.41) is 2.94. The summed E-state index contributed by atoms with van der Waals surface area (Å²) in [4.78, 5) is 11.3. The standard InChI is InChI=1S/C15H24N2O/c1-11-5-6-13(12(2)9-11)7-8-15(3,4)17-14(18)10-16/h5-6,9H,7-8,10,16H2,1-4H3,(H,17,18). The van der Waals surface area contributed by atoms with Crippen LogP contribution in [0.25, 0.3) is 0 Å². The highest BCUT2D eigenvalue weighted by atomic mass is 16.1. The van der Waals surface area contributed by atoms with Crippen LogP contribution in [0.4, 0.5) is 0 Å². The Kier molecular flexibility index (Phi) is 4.91. The van der Waals surface area contributed by atoms with Gasteiger partial charge in [0.05, 0.1) is 6.54 Å². The molecule has 1 rings (SSSR count). The Balaban J connectivity index is 2.61. The van der Waals surface area contributed by atoms with Gasteiger partial charge < -0.3 is 11.1 Å². The molecule has 3 heteroatoms. The summed E-state index contributed by atoms with van der Waals surface area (Å²) >= 11 is 0. The van der Waals surface area contributed by atoms with Gasteiger partial charge in [-0.3, -0.25) is 4.79 Å². The second kappa shape index (κ2) is 6.01. The van der Waals surface area contributed by atoms with Crippen LogP contribution >= 0.6 is 0 Å². The van der Waals surface area contributed by atoms with Crippen LogP contribution in [0.1, 0.15) is 37.0 Å². The molecule has 0 unspecified atom stereocenters. The fraction of sp³-hybridized carbons (Fsp3) is 0.533. The topological polar surface area (TPSA) is 55.1 Å². The molecule has 100 valence electrons. The highest BCUT2D eigenvalue weighted by molar-refractivity contribution is 5.78. The minimum atomic E-state index is -0.215. The number of hydrogen-bond acceptors (Lipinski definition) is 2. The minimum absolute atomic E-state index is 0.0486. The van der Waals surface area contributed by atoms with Crippen molar-refractivity contribution < 1.29 is 4.79 Å². The highest BCUT2D eigenvalue weighted by Gasteiger charge is 2.19. The minimum Gasteiger partial charge on any atom is -0.350 e. The van der Waals surface area contributed by atoms with Gasteiger partial charge >= 0.3 is 0 Å². The Morgan fingerprint density at radius 1 is 1.33 bits per heavy atom. The quantitative estimate of drug-likeness (QED) is 0.838. The van der Waals surface area contributed by atoms with E-state index in [4.69, 9.17) is 5.73 Å². The van der Waals surface area contributed by atoms with Crippen molar-refractivity contribution in [3.05, 3.63) is 34.9 Å². The van der Waals surface area contributed by atoms with E-state index >= 15 is 0 Å². The van der Waals surface area contributed by atoms with Crippen LogP contribution in [0.2, 0.25) is 0 Å². The average molecular weight is 248 g/mol. The monoisotopic (exact) mass is 248 g/mol. The van der Waals surface area contributed by atoms with Crippen molar-refractivity contribution in [2.75, 3.05) is 6.54 Å². The molecule has 0 aromatic heterocycles. The van der Waals surface area contributed by atoms with Gasteiger partial charge in [-0.1, -0.05) is 23.8 Å². The number of hydrogen-bond donors (Lipinski definition) is 2. The first-order chi connectivity index (χ1) is 8.34. The third-order valence-corrected chi connectivity index (χ3v) is 3.18. The number of amides is 1. The molecule has 0 spiro atoms. The summed E-state index contributed by atoms with van der Waals surface area (Å²) < 4.78 is 0. The molecule has 1 aromatic carbocycles. The van der Waals surface area contributed by atoms with Crippen LogP contribution < -0.4 is 11.1 Å². The second-order valence-electron chi connectivity index (χ2n) is 5.57. The largest absolute Gasteiger partial charge is 0.350 e. The van der Waals surface area contributed by atoms with Gasteiger partial charge in [0, 0.05) is 5.54 Å². The maximum Gasteiger partial charge on any atom is 0.234 e. The van der Waals surface area contributed by atoms with Gasteiger partial charge in [0.15, 0.2) is 0 Å². The van der Waals surface area contributed by atoms with Gasteiger partial charge in [-0.2, -0.15) is 0 Å². The van der Waals surface area contributed by atoms with Gasteiger partial charge in [-0.05, 0) is 51.7 Å². The zero-order chi connectivity index (χ0) is 13.8. The van der Waals surface area contributed by atoms with Gasteiger partial charge in [-0.15, -0.1) is 0 Å². The molecule has 0 aliphatic carbocycles. The molecule has 0 bridgehead atoms. The zero-order valence-corrected chi connectivity index (χ0v) is 11.8. The van der Waals surface area contributed by atoms with E-state index < -0.39 is 0 Å². The number of rotatable bonds is 5. The lowest BCUT2D eigenvalue weighted by atomic mass is 9.93. The van der Waals surface area contributed by atoms with E-state index in [1.807, 2.05) is 13.8 Å². The van der Waals surface area contributed by atoms with Crippen LogP contribution in [0, 0.1) is 13.8 Å². The molecular formula is C15H24N2O. The van der Waals surface area contributed by atoms with Crippen LogP contribution in [0.5, 0.6) is 0 Å². The Hall–Kier alpha value is -1.35. The third kappa shape index (κ3) is 4.49. The fourth-order valence-electron chi connectivity index (χ4n) is 2.06. The lowest BCUT2D eigenvalue weighted by Gasteiger charge is -2.26. The molecule has 0 saturated carbocycles. The predicted molar refractivity (Wildman–Crippen MR) is 75.5 cm³/mol.